The fourth-order valence-electron chi connectivity index (χ4n) is 3.64. The molecule has 2 aromatic carbocycles. The first-order valence-corrected chi connectivity index (χ1v) is 8.72. The number of likely N-dealkylation sites (tertiary alicyclic amines) is 1. The predicted octanol–water partition coefficient (Wildman–Crippen LogP) is 4.00. The third-order valence-electron chi connectivity index (χ3n) is 4.95. The second kappa shape index (κ2) is 6.67. The Balaban J connectivity index is 1.48. The Labute approximate surface area is 147 Å². The van der Waals surface area contributed by atoms with Gasteiger partial charge in [0.25, 0.3) is 0 Å². The number of anilines is 1. The Hall–Kier alpha value is -2.69. The molecule has 1 unspecified atom stereocenters. The maximum atomic E-state index is 12.8. The van der Waals surface area contributed by atoms with Crippen molar-refractivity contribution in [2.45, 2.75) is 25.3 Å². The van der Waals surface area contributed by atoms with Gasteiger partial charge in [-0.3, -0.25) is 0 Å². The number of methoxy groups -OCH3 is 1. The number of amides is 2. The van der Waals surface area contributed by atoms with Gasteiger partial charge in [-0.2, -0.15) is 0 Å². The van der Waals surface area contributed by atoms with Crippen molar-refractivity contribution in [1.82, 2.24) is 4.90 Å². The molecule has 2 amide bonds. The molecule has 2 aromatic rings. The van der Waals surface area contributed by atoms with Gasteiger partial charge >= 0.3 is 6.03 Å². The molecule has 0 aliphatic carbocycles. The smallest absolute Gasteiger partial charge is 0.322 e. The summed E-state index contributed by atoms with van der Waals surface area (Å²) < 4.78 is 10.7. The van der Waals surface area contributed by atoms with Crippen molar-refractivity contribution >= 4 is 11.7 Å². The SMILES string of the molecule is COc1ccc(C2CCCN2C(=O)Nc2ccc3c(c2)CCO3)cc1. The summed E-state index contributed by atoms with van der Waals surface area (Å²) in [5, 5.41) is 3.04. The molecule has 0 saturated carbocycles. The Bertz CT molecular complexity index is 773. The van der Waals surface area contributed by atoms with Crippen LogP contribution in [0.4, 0.5) is 10.5 Å². The van der Waals surface area contributed by atoms with E-state index < -0.39 is 0 Å². The summed E-state index contributed by atoms with van der Waals surface area (Å²) in [7, 11) is 1.66. The predicted molar refractivity (Wildman–Crippen MR) is 96.3 cm³/mol. The Morgan fingerprint density at radius 1 is 1.24 bits per heavy atom. The van der Waals surface area contributed by atoms with Crippen molar-refractivity contribution in [3.05, 3.63) is 53.6 Å². The van der Waals surface area contributed by atoms with Crippen molar-refractivity contribution in [1.29, 1.82) is 0 Å². The van der Waals surface area contributed by atoms with Crippen LogP contribution in [-0.4, -0.2) is 31.2 Å². The van der Waals surface area contributed by atoms with Gasteiger partial charge in [-0.1, -0.05) is 12.1 Å². The van der Waals surface area contributed by atoms with E-state index in [2.05, 4.69) is 5.32 Å². The van der Waals surface area contributed by atoms with Crippen molar-refractivity contribution in [2.24, 2.45) is 0 Å². The van der Waals surface area contributed by atoms with Gasteiger partial charge in [-0.25, -0.2) is 4.79 Å². The molecule has 5 nitrogen and oxygen atoms in total. The number of nitrogens with zero attached hydrogens (tertiary/aromatic N) is 1. The second-order valence-electron chi connectivity index (χ2n) is 6.48. The maximum Gasteiger partial charge on any atom is 0.322 e. The summed E-state index contributed by atoms with van der Waals surface area (Å²) in [5.74, 6) is 1.76. The molecule has 2 heterocycles. The normalized spacial score (nSPS) is 18.6. The third-order valence-corrected chi connectivity index (χ3v) is 4.95. The summed E-state index contributed by atoms with van der Waals surface area (Å²) in [5.41, 5.74) is 3.14. The molecule has 1 N–H and O–H groups in total. The molecule has 1 saturated heterocycles. The molecule has 1 fully saturated rings. The lowest BCUT2D eigenvalue weighted by Crippen LogP contribution is -2.34. The molecule has 2 aliphatic heterocycles. The third kappa shape index (κ3) is 3.14. The highest BCUT2D eigenvalue weighted by atomic mass is 16.5. The number of carbonyl (C=O) groups is 1. The molecule has 0 bridgehead atoms. The van der Waals surface area contributed by atoms with E-state index in [1.165, 1.54) is 0 Å². The molecular formula is C20H22N2O3. The second-order valence-corrected chi connectivity index (χ2v) is 6.48. The number of rotatable bonds is 3. The lowest BCUT2D eigenvalue weighted by molar-refractivity contribution is 0.207. The van der Waals surface area contributed by atoms with Crippen LogP contribution in [0, 0.1) is 0 Å². The summed E-state index contributed by atoms with van der Waals surface area (Å²) in [4.78, 5) is 14.7. The van der Waals surface area contributed by atoms with E-state index in [1.54, 1.807) is 7.11 Å². The van der Waals surface area contributed by atoms with Crippen LogP contribution in [0.25, 0.3) is 0 Å². The number of fused-ring (bicyclic) bond motifs is 1. The van der Waals surface area contributed by atoms with Gasteiger partial charge in [0, 0.05) is 18.7 Å². The average Bonchev–Trinajstić information content (AvgIpc) is 3.30. The number of nitrogens with one attached hydrogen (secondary N) is 1. The molecule has 25 heavy (non-hydrogen) atoms. The first-order valence-electron chi connectivity index (χ1n) is 8.72. The van der Waals surface area contributed by atoms with Gasteiger partial charge in [0.15, 0.2) is 0 Å². The first kappa shape index (κ1) is 15.8. The maximum absolute atomic E-state index is 12.8. The van der Waals surface area contributed by atoms with Crippen LogP contribution in [0.15, 0.2) is 42.5 Å². The Morgan fingerprint density at radius 3 is 2.88 bits per heavy atom. The minimum atomic E-state index is -0.0443. The van der Waals surface area contributed by atoms with Crippen LogP contribution in [0.2, 0.25) is 0 Å². The molecule has 0 radical (unpaired) electrons. The van der Waals surface area contributed by atoms with Crippen molar-refractivity contribution < 1.29 is 14.3 Å². The molecule has 5 heteroatoms. The minimum Gasteiger partial charge on any atom is -0.497 e. The lowest BCUT2D eigenvalue weighted by Gasteiger charge is -2.25. The molecule has 4 rings (SSSR count). The molecule has 0 spiro atoms. The van der Waals surface area contributed by atoms with Crippen LogP contribution in [-0.2, 0) is 6.42 Å². The number of hydrogen-bond donors (Lipinski definition) is 1. The van der Waals surface area contributed by atoms with Crippen LogP contribution in [0.5, 0.6) is 11.5 Å². The van der Waals surface area contributed by atoms with E-state index in [9.17, 15) is 4.79 Å². The van der Waals surface area contributed by atoms with Crippen LogP contribution < -0.4 is 14.8 Å². The number of benzene rings is 2. The number of hydrogen-bond acceptors (Lipinski definition) is 3. The van der Waals surface area contributed by atoms with E-state index >= 15 is 0 Å². The topological polar surface area (TPSA) is 50.8 Å². The monoisotopic (exact) mass is 338 g/mol. The van der Waals surface area contributed by atoms with E-state index in [4.69, 9.17) is 9.47 Å². The molecule has 130 valence electrons. The lowest BCUT2D eigenvalue weighted by atomic mass is 10.0. The molecule has 2 aliphatic rings. The summed E-state index contributed by atoms with van der Waals surface area (Å²) in [6.07, 6.45) is 2.90. The Kier molecular flexibility index (Phi) is 4.22. The minimum absolute atomic E-state index is 0.0443. The fourth-order valence-corrected chi connectivity index (χ4v) is 3.64. The fraction of sp³-hybridized carbons (Fsp3) is 0.350. The summed E-state index contributed by atoms with van der Waals surface area (Å²) in [6, 6.07) is 13.9. The van der Waals surface area contributed by atoms with Crippen LogP contribution in [0.3, 0.4) is 0 Å². The van der Waals surface area contributed by atoms with Gasteiger partial charge in [0.1, 0.15) is 11.5 Å². The van der Waals surface area contributed by atoms with E-state index in [-0.39, 0.29) is 12.1 Å². The van der Waals surface area contributed by atoms with Crippen LogP contribution in [0.1, 0.15) is 30.0 Å². The molecule has 0 aromatic heterocycles. The number of ether oxygens (including phenoxy) is 2. The van der Waals surface area contributed by atoms with E-state index in [0.717, 1.165) is 60.7 Å². The number of urea groups is 1. The molecule has 1 atom stereocenters. The quantitative estimate of drug-likeness (QED) is 0.920. The highest BCUT2D eigenvalue weighted by Gasteiger charge is 2.30. The van der Waals surface area contributed by atoms with Crippen molar-refractivity contribution in [2.75, 3.05) is 25.6 Å². The zero-order valence-corrected chi connectivity index (χ0v) is 14.3. The van der Waals surface area contributed by atoms with E-state index in [1.807, 2.05) is 47.4 Å². The van der Waals surface area contributed by atoms with Gasteiger partial charge in [-0.15, -0.1) is 0 Å². The first-order chi connectivity index (χ1) is 12.2. The highest BCUT2D eigenvalue weighted by molar-refractivity contribution is 5.90. The zero-order valence-electron chi connectivity index (χ0n) is 14.3. The average molecular weight is 338 g/mol. The summed E-state index contributed by atoms with van der Waals surface area (Å²) in [6.45, 7) is 1.50. The standard InChI is InChI=1S/C20H22N2O3/c1-24-17-7-4-14(5-8-17)18-3-2-11-22(18)20(23)21-16-6-9-19-15(13-16)10-12-25-19/h4-9,13,18H,2-3,10-12H2,1H3,(H,21,23). The Morgan fingerprint density at radius 2 is 2.08 bits per heavy atom. The van der Waals surface area contributed by atoms with E-state index in [0.29, 0.717) is 0 Å². The molecular weight excluding hydrogens is 316 g/mol. The van der Waals surface area contributed by atoms with Crippen molar-refractivity contribution in [3.63, 3.8) is 0 Å². The van der Waals surface area contributed by atoms with Crippen molar-refractivity contribution in [3.8, 4) is 11.5 Å². The zero-order chi connectivity index (χ0) is 17.2. The van der Waals surface area contributed by atoms with Crippen LogP contribution >= 0.6 is 0 Å². The van der Waals surface area contributed by atoms with Gasteiger partial charge in [0.05, 0.1) is 19.8 Å². The highest BCUT2D eigenvalue weighted by Crippen LogP contribution is 2.34. The van der Waals surface area contributed by atoms with Gasteiger partial charge < -0.3 is 19.7 Å². The largest absolute Gasteiger partial charge is 0.497 e. The van der Waals surface area contributed by atoms with Gasteiger partial charge in [-0.05, 0) is 54.3 Å². The number of carbonyl (C=O) groups excluding carboxylic acids is 1. The summed E-state index contributed by atoms with van der Waals surface area (Å²) >= 11 is 0. The van der Waals surface area contributed by atoms with Gasteiger partial charge in [0.2, 0.25) is 0 Å².